The summed E-state index contributed by atoms with van der Waals surface area (Å²) in [7, 11) is 0. The minimum absolute atomic E-state index is 0.0302. The van der Waals surface area contributed by atoms with E-state index in [-0.39, 0.29) is 11.6 Å². The molecule has 0 unspecified atom stereocenters. The van der Waals surface area contributed by atoms with E-state index in [1.807, 2.05) is 0 Å². The van der Waals surface area contributed by atoms with Crippen molar-refractivity contribution < 1.29 is 13.9 Å². The van der Waals surface area contributed by atoms with Crippen molar-refractivity contribution in [3.8, 4) is 0 Å². The normalized spacial score (nSPS) is 11.4. The number of hydrogen-bond acceptors (Lipinski definition) is 5. The third-order valence-corrected chi connectivity index (χ3v) is 1.34. The zero-order valence-corrected chi connectivity index (χ0v) is 8.75. The smallest absolute Gasteiger partial charge is 0.378 e. The molecule has 0 aromatic carbocycles. The van der Waals surface area contributed by atoms with E-state index in [0.29, 0.717) is 5.89 Å². The van der Waals surface area contributed by atoms with Crippen LogP contribution in [-0.4, -0.2) is 16.6 Å². The molecule has 0 radical (unpaired) electrons. The highest BCUT2D eigenvalue weighted by atomic mass is 16.6. The first kappa shape index (κ1) is 10.6. The van der Waals surface area contributed by atoms with E-state index >= 15 is 0 Å². The van der Waals surface area contributed by atoms with Crippen molar-refractivity contribution >= 4 is 11.8 Å². The van der Waals surface area contributed by atoms with Crippen LogP contribution in [0, 0.1) is 6.92 Å². The zero-order chi connectivity index (χ0) is 10.9. The molecule has 0 saturated carbocycles. The number of rotatable bonds is 1. The molecule has 0 atom stereocenters. The third-order valence-electron chi connectivity index (χ3n) is 1.34. The predicted molar refractivity (Wildman–Crippen MR) is 50.8 cm³/mol. The lowest BCUT2D eigenvalue weighted by atomic mass is 10.2. The molecule has 78 valence electrons. The molecular formula is C9H14N2O3. The van der Waals surface area contributed by atoms with Crippen molar-refractivity contribution in [2.24, 2.45) is 0 Å². The Morgan fingerprint density at radius 2 is 2.07 bits per heavy atom. The number of carbonyl (C=O) groups excluding carboxylic acids is 1. The summed E-state index contributed by atoms with van der Waals surface area (Å²) in [6, 6.07) is 0. The molecule has 1 aromatic rings. The maximum Gasteiger partial charge on any atom is 0.378 e. The largest absolute Gasteiger partial charge is 0.454 e. The number of ether oxygens (including phenoxy) is 1. The quantitative estimate of drug-likeness (QED) is 0.692. The number of carbonyl (C=O) groups is 1. The number of hydrogen-bond donors (Lipinski definition) is 1. The van der Waals surface area contributed by atoms with E-state index in [0.717, 1.165) is 0 Å². The maximum absolute atomic E-state index is 11.5. The molecule has 0 bridgehead atoms. The Labute approximate surface area is 82.2 Å². The molecule has 5 nitrogen and oxygen atoms in total. The molecule has 2 N–H and O–H groups in total. The van der Waals surface area contributed by atoms with E-state index < -0.39 is 11.6 Å². The SMILES string of the molecule is Cc1nc(N)c(C(=O)OC(C)(C)C)o1. The molecule has 0 spiro atoms. The van der Waals surface area contributed by atoms with Crippen molar-refractivity contribution in [2.45, 2.75) is 33.3 Å². The standard InChI is InChI=1S/C9H14N2O3/c1-5-11-7(10)6(13-5)8(12)14-9(2,3)4/h10H2,1-4H3. The fourth-order valence-electron chi connectivity index (χ4n) is 0.914. The van der Waals surface area contributed by atoms with Crippen LogP contribution in [0.1, 0.15) is 37.2 Å². The first-order chi connectivity index (χ1) is 6.29. The number of esters is 1. The number of aromatic nitrogens is 1. The van der Waals surface area contributed by atoms with Gasteiger partial charge in [-0.15, -0.1) is 0 Å². The number of aryl methyl sites for hydroxylation is 1. The topological polar surface area (TPSA) is 78.3 Å². The first-order valence-corrected chi connectivity index (χ1v) is 4.26. The Hall–Kier alpha value is -1.52. The predicted octanol–water partition coefficient (Wildman–Crippen LogP) is 1.52. The maximum atomic E-state index is 11.5. The average molecular weight is 198 g/mol. The Morgan fingerprint density at radius 1 is 1.50 bits per heavy atom. The third kappa shape index (κ3) is 2.48. The summed E-state index contributed by atoms with van der Waals surface area (Å²) in [6.45, 7) is 6.92. The van der Waals surface area contributed by atoms with Crippen LogP contribution in [0.5, 0.6) is 0 Å². The van der Waals surface area contributed by atoms with E-state index in [1.165, 1.54) is 0 Å². The summed E-state index contributed by atoms with van der Waals surface area (Å²) in [5, 5.41) is 0. The molecule has 0 fully saturated rings. The van der Waals surface area contributed by atoms with Crippen LogP contribution in [0.2, 0.25) is 0 Å². The number of oxazole rings is 1. The summed E-state index contributed by atoms with van der Waals surface area (Å²) in [4.78, 5) is 15.2. The lowest BCUT2D eigenvalue weighted by molar-refractivity contribution is 0.00364. The summed E-state index contributed by atoms with van der Waals surface area (Å²) in [5.41, 5.74) is 4.89. The fourth-order valence-corrected chi connectivity index (χ4v) is 0.914. The summed E-state index contributed by atoms with van der Waals surface area (Å²) in [6.07, 6.45) is 0. The van der Waals surface area contributed by atoms with Crippen molar-refractivity contribution in [3.05, 3.63) is 11.7 Å². The van der Waals surface area contributed by atoms with Gasteiger partial charge < -0.3 is 14.9 Å². The molecule has 1 aromatic heterocycles. The molecule has 14 heavy (non-hydrogen) atoms. The van der Waals surface area contributed by atoms with Crippen molar-refractivity contribution in [1.82, 2.24) is 4.98 Å². The van der Waals surface area contributed by atoms with E-state index in [4.69, 9.17) is 14.9 Å². The second-order valence-electron chi connectivity index (χ2n) is 3.95. The van der Waals surface area contributed by atoms with Crippen LogP contribution in [0.4, 0.5) is 5.82 Å². The van der Waals surface area contributed by atoms with Crippen LogP contribution in [-0.2, 0) is 4.74 Å². The van der Waals surface area contributed by atoms with Gasteiger partial charge in [0.25, 0.3) is 5.76 Å². The van der Waals surface area contributed by atoms with Gasteiger partial charge in [0.15, 0.2) is 11.7 Å². The van der Waals surface area contributed by atoms with Gasteiger partial charge in [-0.2, -0.15) is 4.98 Å². The van der Waals surface area contributed by atoms with Crippen LogP contribution < -0.4 is 5.73 Å². The highest BCUT2D eigenvalue weighted by Gasteiger charge is 2.23. The monoisotopic (exact) mass is 198 g/mol. The van der Waals surface area contributed by atoms with E-state index in [1.54, 1.807) is 27.7 Å². The molecule has 1 rings (SSSR count). The van der Waals surface area contributed by atoms with Crippen molar-refractivity contribution in [3.63, 3.8) is 0 Å². The number of nitrogens with two attached hydrogens (primary N) is 1. The van der Waals surface area contributed by atoms with Gasteiger partial charge >= 0.3 is 5.97 Å². The number of nitrogen functional groups attached to an aromatic ring is 1. The molecule has 0 saturated heterocycles. The lowest BCUT2D eigenvalue weighted by Gasteiger charge is -2.18. The molecule has 0 aliphatic heterocycles. The fraction of sp³-hybridized carbons (Fsp3) is 0.556. The van der Waals surface area contributed by atoms with Crippen LogP contribution in [0.25, 0.3) is 0 Å². The Morgan fingerprint density at radius 3 is 2.43 bits per heavy atom. The van der Waals surface area contributed by atoms with Crippen molar-refractivity contribution in [2.75, 3.05) is 5.73 Å². The molecular weight excluding hydrogens is 184 g/mol. The van der Waals surface area contributed by atoms with Crippen molar-refractivity contribution in [1.29, 1.82) is 0 Å². The van der Waals surface area contributed by atoms with Gasteiger partial charge in [0.1, 0.15) is 5.60 Å². The molecule has 5 heteroatoms. The number of anilines is 1. The van der Waals surface area contributed by atoms with E-state index in [2.05, 4.69) is 4.98 Å². The average Bonchev–Trinajstić information content (AvgIpc) is 2.26. The summed E-state index contributed by atoms with van der Waals surface area (Å²) >= 11 is 0. The highest BCUT2D eigenvalue weighted by Crippen LogP contribution is 2.17. The van der Waals surface area contributed by atoms with Gasteiger partial charge in [0.2, 0.25) is 0 Å². The zero-order valence-electron chi connectivity index (χ0n) is 8.75. The molecule has 0 amide bonds. The Balaban J connectivity index is 2.85. The van der Waals surface area contributed by atoms with Gasteiger partial charge in [-0.1, -0.05) is 0 Å². The highest BCUT2D eigenvalue weighted by molar-refractivity contribution is 5.91. The second kappa shape index (κ2) is 3.32. The lowest BCUT2D eigenvalue weighted by Crippen LogP contribution is -2.24. The molecule has 1 heterocycles. The minimum atomic E-state index is -0.587. The summed E-state index contributed by atoms with van der Waals surface area (Å²) in [5.74, 6) is -0.201. The van der Waals surface area contributed by atoms with Gasteiger partial charge in [-0.05, 0) is 20.8 Å². The van der Waals surface area contributed by atoms with E-state index in [9.17, 15) is 4.79 Å². The Bertz CT molecular complexity index is 349. The molecule has 0 aliphatic rings. The molecule has 0 aliphatic carbocycles. The second-order valence-corrected chi connectivity index (χ2v) is 3.95. The van der Waals surface area contributed by atoms with Crippen LogP contribution >= 0.6 is 0 Å². The van der Waals surface area contributed by atoms with Gasteiger partial charge in [-0.3, -0.25) is 0 Å². The first-order valence-electron chi connectivity index (χ1n) is 4.26. The number of nitrogens with zero attached hydrogens (tertiary/aromatic N) is 1. The van der Waals surface area contributed by atoms with Gasteiger partial charge in [0, 0.05) is 6.92 Å². The van der Waals surface area contributed by atoms with Gasteiger partial charge in [0.05, 0.1) is 0 Å². The Kier molecular flexibility index (Phi) is 2.51. The van der Waals surface area contributed by atoms with Gasteiger partial charge in [-0.25, -0.2) is 4.79 Å². The minimum Gasteiger partial charge on any atom is -0.454 e. The van der Waals surface area contributed by atoms with Crippen LogP contribution in [0.15, 0.2) is 4.42 Å². The summed E-state index contributed by atoms with van der Waals surface area (Å²) < 4.78 is 10.1. The van der Waals surface area contributed by atoms with Crippen LogP contribution in [0.3, 0.4) is 0 Å².